The first kappa shape index (κ1) is 25.2. The third-order valence-electron chi connectivity index (χ3n) is 2.88. The van der Waals surface area contributed by atoms with Gasteiger partial charge in [-0.3, -0.25) is 14.6 Å². The fourth-order valence-corrected chi connectivity index (χ4v) is 1.73. The maximum Gasteiger partial charge on any atom is 0.410 e. The highest BCUT2D eigenvalue weighted by atomic mass is 19.4. The number of amides is 2. The van der Waals surface area contributed by atoms with Crippen molar-refractivity contribution in [1.82, 2.24) is 10.3 Å². The zero-order chi connectivity index (χ0) is 23.7. The van der Waals surface area contributed by atoms with Crippen LogP contribution in [0.5, 0.6) is 0 Å². The Morgan fingerprint density at radius 1 is 1.03 bits per heavy atom. The number of aliphatic carboxylic acids is 1. The molecule has 2 heterocycles. The maximum atomic E-state index is 11.9. The number of rotatable bonds is 5. The quantitative estimate of drug-likeness (QED) is 0.472. The minimum atomic E-state index is -4.58. The van der Waals surface area contributed by atoms with Gasteiger partial charge in [0.2, 0.25) is 11.8 Å². The van der Waals surface area contributed by atoms with Crippen molar-refractivity contribution in [1.29, 1.82) is 0 Å². The molecule has 0 saturated carbocycles. The van der Waals surface area contributed by atoms with E-state index in [2.05, 4.69) is 10.3 Å². The molecule has 0 atom stereocenters. The molecule has 0 spiro atoms. The van der Waals surface area contributed by atoms with Crippen molar-refractivity contribution in [3.8, 4) is 0 Å². The number of furan rings is 1. The van der Waals surface area contributed by atoms with Crippen LogP contribution in [-0.4, -0.2) is 46.8 Å². The number of pyridine rings is 1. The van der Waals surface area contributed by atoms with E-state index in [4.69, 9.17) is 9.52 Å². The van der Waals surface area contributed by atoms with Crippen LogP contribution in [0.25, 0.3) is 11.1 Å². The molecule has 2 rings (SSSR count). The molecule has 0 saturated heterocycles. The van der Waals surface area contributed by atoms with Crippen LogP contribution in [-0.2, 0) is 14.4 Å². The van der Waals surface area contributed by atoms with Crippen molar-refractivity contribution in [2.75, 3.05) is 11.9 Å². The van der Waals surface area contributed by atoms with Crippen molar-refractivity contribution in [3.63, 3.8) is 0 Å². The number of nitrogens with one attached hydrogen (secondary N) is 2. The van der Waals surface area contributed by atoms with E-state index in [1.54, 1.807) is 6.07 Å². The van der Waals surface area contributed by atoms with Crippen LogP contribution in [0.15, 0.2) is 53.3 Å². The third kappa shape index (κ3) is 11.1. The predicted molar refractivity (Wildman–Crippen MR) is 93.7 cm³/mol. The van der Waals surface area contributed by atoms with E-state index in [1.165, 1.54) is 18.5 Å². The van der Waals surface area contributed by atoms with Crippen LogP contribution in [0.1, 0.15) is 0 Å². The lowest BCUT2D eigenvalue weighted by Gasteiger charge is -2.06. The van der Waals surface area contributed by atoms with Crippen LogP contribution in [0.3, 0.4) is 0 Å². The van der Waals surface area contributed by atoms with Gasteiger partial charge < -0.3 is 20.2 Å². The van der Waals surface area contributed by atoms with E-state index < -0.39 is 36.7 Å². The van der Waals surface area contributed by atoms with Gasteiger partial charge in [-0.1, -0.05) is 0 Å². The average molecular weight is 453 g/mol. The summed E-state index contributed by atoms with van der Waals surface area (Å²) >= 11 is 0. The van der Waals surface area contributed by atoms with E-state index in [-0.39, 0.29) is 18.2 Å². The molecule has 14 heteroatoms. The summed E-state index contributed by atoms with van der Waals surface area (Å²) in [5.41, 5.74) is 1.24. The molecular weight excluding hydrogens is 440 g/mol. The lowest BCUT2D eigenvalue weighted by Crippen LogP contribution is -2.32. The SMILES string of the molecule is O=C(/C=C/C(F)(F)F)NCC(=O)Nc1ccnc2ccoc12.O=C(O)/C=C/C(F)(F)F. The number of carboxylic acids is 1. The minimum Gasteiger partial charge on any atom is -0.478 e. The van der Waals surface area contributed by atoms with Crippen molar-refractivity contribution in [3.05, 3.63) is 48.9 Å². The van der Waals surface area contributed by atoms with Crippen molar-refractivity contribution >= 4 is 34.6 Å². The molecule has 2 amide bonds. The summed E-state index contributed by atoms with van der Waals surface area (Å²) in [7, 11) is 0. The van der Waals surface area contributed by atoms with Gasteiger partial charge in [0.15, 0.2) is 5.58 Å². The van der Waals surface area contributed by atoms with E-state index in [1.807, 2.05) is 5.32 Å². The van der Waals surface area contributed by atoms with Crippen LogP contribution in [0, 0.1) is 0 Å². The van der Waals surface area contributed by atoms with E-state index in [0.717, 1.165) is 0 Å². The normalized spacial score (nSPS) is 11.9. The molecule has 2 aromatic heterocycles. The van der Waals surface area contributed by atoms with Gasteiger partial charge in [0.1, 0.15) is 5.52 Å². The van der Waals surface area contributed by atoms with Gasteiger partial charge in [0, 0.05) is 36.6 Å². The molecule has 0 aromatic carbocycles. The average Bonchev–Trinajstić information content (AvgIpc) is 3.12. The zero-order valence-corrected chi connectivity index (χ0v) is 15.1. The molecule has 31 heavy (non-hydrogen) atoms. The first-order chi connectivity index (χ1) is 14.3. The Hall–Kier alpha value is -3.84. The molecule has 0 radical (unpaired) electrons. The summed E-state index contributed by atoms with van der Waals surface area (Å²) in [5, 5.41) is 12.2. The first-order valence-electron chi connectivity index (χ1n) is 7.91. The number of hydrogen-bond donors (Lipinski definition) is 3. The molecule has 3 N–H and O–H groups in total. The smallest absolute Gasteiger partial charge is 0.410 e. The van der Waals surface area contributed by atoms with E-state index in [0.29, 0.717) is 22.9 Å². The summed E-state index contributed by atoms with van der Waals surface area (Å²) in [6.45, 7) is -0.481. The Bertz CT molecular complexity index is 979. The van der Waals surface area contributed by atoms with Crippen molar-refractivity contribution in [2.24, 2.45) is 0 Å². The Balaban J connectivity index is 0.000000452. The van der Waals surface area contributed by atoms with Gasteiger partial charge in [-0.15, -0.1) is 0 Å². The maximum absolute atomic E-state index is 11.9. The topological polar surface area (TPSA) is 122 Å². The minimum absolute atomic E-state index is 0.0417. The Labute approximate surface area is 169 Å². The van der Waals surface area contributed by atoms with Crippen molar-refractivity contribution < 1.29 is 50.2 Å². The van der Waals surface area contributed by atoms with Crippen LogP contribution in [0.2, 0.25) is 0 Å². The number of hydrogen-bond acceptors (Lipinski definition) is 5. The van der Waals surface area contributed by atoms with Crippen LogP contribution in [0.4, 0.5) is 32.0 Å². The van der Waals surface area contributed by atoms with Gasteiger partial charge in [0.05, 0.1) is 18.5 Å². The lowest BCUT2D eigenvalue weighted by atomic mass is 10.3. The highest BCUT2D eigenvalue weighted by Gasteiger charge is 2.23. The van der Waals surface area contributed by atoms with Crippen LogP contribution >= 0.6 is 0 Å². The van der Waals surface area contributed by atoms with Gasteiger partial charge in [-0.05, 0) is 6.07 Å². The largest absolute Gasteiger partial charge is 0.478 e. The van der Waals surface area contributed by atoms with Crippen LogP contribution < -0.4 is 10.6 Å². The Morgan fingerprint density at radius 2 is 1.65 bits per heavy atom. The number of carboxylic acid groups (broad SMARTS) is 1. The lowest BCUT2D eigenvalue weighted by molar-refractivity contribution is -0.132. The number of halogens is 6. The molecular formula is C17H13F6N3O5. The number of carbonyl (C=O) groups excluding carboxylic acids is 2. The molecule has 0 aliphatic heterocycles. The number of aromatic nitrogens is 1. The zero-order valence-electron chi connectivity index (χ0n) is 15.1. The summed E-state index contributed by atoms with van der Waals surface area (Å²) in [5.74, 6) is -3.24. The molecule has 0 bridgehead atoms. The molecule has 168 valence electrons. The highest BCUT2D eigenvalue weighted by molar-refractivity contribution is 6.01. The van der Waals surface area contributed by atoms with Gasteiger partial charge in [0.25, 0.3) is 0 Å². The fourth-order valence-electron chi connectivity index (χ4n) is 1.73. The van der Waals surface area contributed by atoms with E-state index >= 15 is 0 Å². The monoisotopic (exact) mass is 453 g/mol. The molecule has 2 aromatic rings. The second kappa shape index (κ2) is 10.8. The number of nitrogens with zero attached hydrogens (tertiary/aromatic N) is 1. The molecule has 0 aliphatic carbocycles. The molecule has 8 nitrogen and oxygen atoms in total. The standard InChI is InChI=1S/C13H10F3N3O3.C4H3F3O2/c14-13(15,16)4-1-10(20)18-7-11(21)19-9-2-5-17-8-3-6-22-12(8)9;5-4(6,7)2-1-3(8)9/h1-6H,7H2,(H,18,20)(H,17,19,21);1-2H,(H,8,9)/b4-1+;2-1+. The predicted octanol–water partition coefficient (Wildman–Crippen LogP) is 3.19. The number of carbonyl (C=O) groups is 3. The highest BCUT2D eigenvalue weighted by Crippen LogP contribution is 2.21. The van der Waals surface area contributed by atoms with Gasteiger partial charge in [-0.2, -0.15) is 26.3 Å². The number of anilines is 1. The fraction of sp³-hybridized carbons (Fsp3) is 0.176. The third-order valence-corrected chi connectivity index (χ3v) is 2.88. The molecule has 0 fully saturated rings. The molecule has 0 unspecified atom stereocenters. The summed E-state index contributed by atoms with van der Waals surface area (Å²) in [6.07, 6.45) is -6.45. The Kier molecular flexibility index (Phi) is 8.78. The van der Waals surface area contributed by atoms with Gasteiger partial charge >= 0.3 is 18.3 Å². The second-order valence-corrected chi connectivity index (χ2v) is 5.35. The number of allylic oxidation sites excluding steroid dienone is 2. The summed E-state index contributed by atoms with van der Waals surface area (Å²) in [4.78, 5) is 36.2. The van der Waals surface area contributed by atoms with Crippen molar-refractivity contribution in [2.45, 2.75) is 12.4 Å². The van der Waals surface area contributed by atoms with E-state index in [9.17, 15) is 40.7 Å². The molecule has 0 aliphatic rings. The number of fused-ring (bicyclic) bond motifs is 1. The first-order valence-corrected chi connectivity index (χ1v) is 7.91. The summed E-state index contributed by atoms with van der Waals surface area (Å²) in [6, 6.07) is 3.10. The summed E-state index contributed by atoms with van der Waals surface area (Å²) < 4.78 is 73.9. The van der Waals surface area contributed by atoms with Gasteiger partial charge in [-0.25, -0.2) is 4.79 Å². The Morgan fingerprint density at radius 3 is 2.19 bits per heavy atom. The number of alkyl halides is 6. The second-order valence-electron chi connectivity index (χ2n) is 5.35.